The first-order valence-corrected chi connectivity index (χ1v) is 9.65. The van der Waals surface area contributed by atoms with Gasteiger partial charge in [-0.2, -0.15) is 0 Å². The molecule has 1 aliphatic carbocycles. The van der Waals surface area contributed by atoms with Gasteiger partial charge in [0.05, 0.1) is 11.9 Å². The van der Waals surface area contributed by atoms with Gasteiger partial charge in [0.1, 0.15) is 0 Å². The summed E-state index contributed by atoms with van der Waals surface area (Å²) in [4.78, 5) is 19.4. The molecule has 1 amide bonds. The Labute approximate surface area is 153 Å². The third kappa shape index (κ3) is 2.57. The number of nitrogens with one attached hydrogen (secondary N) is 2. The van der Waals surface area contributed by atoms with Crippen molar-refractivity contribution in [3.05, 3.63) is 23.7 Å². The molecule has 2 saturated heterocycles. The SMILES string of the molecule is Cc1cc(N2CCC(C)C2)cn2nc(C(=O)NC3CC4(CNC4)C3)nc12. The number of aryl methyl sites for hydroxylation is 1. The van der Waals surface area contributed by atoms with Crippen LogP contribution in [0.5, 0.6) is 0 Å². The minimum absolute atomic E-state index is 0.156. The Morgan fingerprint density at radius 1 is 1.38 bits per heavy atom. The van der Waals surface area contributed by atoms with Crippen molar-refractivity contribution in [1.82, 2.24) is 25.2 Å². The van der Waals surface area contributed by atoms with Gasteiger partial charge in [0.25, 0.3) is 5.91 Å². The summed E-state index contributed by atoms with van der Waals surface area (Å²) >= 11 is 0. The number of rotatable bonds is 3. The molecule has 2 N–H and O–H groups in total. The van der Waals surface area contributed by atoms with Crippen molar-refractivity contribution in [2.45, 2.75) is 39.2 Å². The van der Waals surface area contributed by atoms with Crippen molar-refractivity contribution in [3.8, 4) is 0 Å². The van der Waals surface area contributed by atoms with Gasteiger partial charge >= 0.3 is 0 Å². The number of pyridine rings is 1. The summed E-state index contributed by atoms with van der Waals surface area (Å²) in [6.07, 6.45) is 5.36. The lowest BCUT2D eigenvalue weighted by atomic mass is 9.61. The molecule has 2 aromatic rings. The predicted molar refractivity (Wildman–Crippen MR) is 99.5 cm³/mol. The summed E-state index contributed by atoms with van der Waals surface area (Å²) < 4.78 is 1.76. The third-order valence-electron chi connectivity index (χ3n) is 6.29. The molecule has 7 heteroatoms. The van der Waals surface area contributed by atoms with E-state index in [1.165, 1.54) is 6.42 Å². The van der Waals surface area contributed by atoms with E-state index in [4.69, 9.17) is 0 Å². The van der Waals surface area contributed by atoms with Crippen molar-refractivity contribution in [2.75, 3.05) is 31.1 Å². The van der Waals surface area contributed by atoms with Crippen LogP contribution in [0.2, 0.25) is 0 Å². The molecule has 138 valence electrons. The molecular formula is C19H26N6O. The molecule has 1 atom stereocenters. The fraction of sp³-hybridized carbons (Fsp3) is 0.632. The molecule has 3 aliphatic rings. The van der Waals surface area contributed by atoms with Crippen LogP contribution in [0, 0.1) is 18.3 Å². The summed E-state index contributed by atoms with van der Waals surface area (Å²) in [5, 5.41) is 10.9. The van der Waals surface area contributed by atoms with Crippen LogP contribution in [0.4, 0.5) is 5.69 Å². The van der Waals surface area contributed by atoms with Crippen LogP contribution >= 0.6 is 0 Å². The van der Waals surface area contributed by atoms with Gasteiger partial charge in [-0.15, -0.1) is 5.10 Å². The third-order valence-corrected chi connectivity index (χ3v) is 6.29. The number of hydrogen-bond acceptors (Lipinski definition) is 5. The maximum absolute atomic E-state index is 12.6. The first-order valence-electron chi connectivity index (χ1n) is 9.65. The highest BCUT2D eigenvalue weighted by Gasteiger charge is 2.48. The molecular weight excluding hydrogens is 328 g/mol. The van der Waals surface area contributed by atoms with Gasteiger partial charge in [0.15, 0.2) is 5.65 Å². The fourth-order valence-electron chi connectivity index (χ4n) is 4.67. The average Bonchev–Trinajstić information content (AvgIpc) is 3.14. The zero-order valence-electron chi connectivity index (χ0n) is 15.5. The zero-order chi connectivity index (χ0) is 17.9. The van der Waals surface area contributed by atoms with Crippen LogP contribution < -0.4 is 15.5 Å². The van der Waals surface area contributed by atoms with Crippen LogP contribution in [-0.2, 0) is 0 Å². The maximum atomic E-state index is 12.6. The molecule has 26 heavy (non-hydrogen) atoms. The van der Waals surface area contributed by atoms with E-state index < -0.39 is 0 Å². The molecule has 1 spiro atoms. The zero-order valence-corrected chi connectivity index (χ0v) is 15.5. The summed E-state index contributed by atoms with van der Waals surface area (Å²) in [7, 11) is 0. The molecule has 2 aliphatic heterocycles. The van der Waals surface area contributed by atoms with Gasteiger partial charge in [-0.1, -0.05) is 6.92 Å². The number of nitrogens with zero attached hydrogens (tertiary/aromatic N) is 4. The van der Waals surface area contributed by atoms with Gasteiger partial charge < -0.3 is 15.5 Å². The lowest BCUT2D eigenvalue weighted by Gasteiger charge is -2.54. The highest BCUT2D eigenvalue weighted by Crippen LogP contribution is 2.44. The Morgan fingerprint density at radius 2 is 2.19 bits per heavy atom. The second-order valence-corrected chi connectivity index (χ2v) is 8.61. The van der Waals surface area contributed by atoms with E-state index >= 15 is 0 Å². The van der Waals surface area contributed by atoms with E-state index in [0.717, 1.165) is 61.8 Å². The quantitative estimate of drug-likeness (QED) is 0.871. The number of amides is 1. The maximum Gasteiger partial charge on any atom is 0.291 e. The summed E-state index contributed by atoms with van der Waals surface area (Å²) in [5.41, 5.74) is 3.42. The van der Waals surface area contributed by atoms with E-state index in [2.05, 4.69) is 38.6 Å². The predicted octanol–water partition coefficient (Wildman–Crippen LogP) is 1.37. The van der Waals surface area contributed by atoms with E-state index in [0.29, 0.717) is 5.41 Å². The summed E-state index contributed by atoms with van der Waals surface area (Å²) in [5.74, 6) is 0.837. The van der Waals surface area contributed by atoms with Gasteiger partial charge in [-0.3, -0.25) is 4.79 Å². The van der Waals surface area contributed by atoms with Crippen molar-refractivity contribution in [2.24, 2.45) is 11.3 Å². The number of aromatic nitrogens is 3. The second kappa shape index (κ2) is 5.67. The molecule has 3 fully saturated rings. The number of carbonyl (C=O) groups excluding carboxylic acids is 1. The van der Waals surface area contributed by atoms with Crippen molar-refractivity contribution < 1.29 is 4.79 Å². The monoisotopic (exact) mass is 354 g/mol. The molecule has 5 rings (SSSR count). The lowest BCUT2D eigenvalue weighted by molar-refractivity contribution is 0.0230. The Bertz CT molecular complexity index is 862. The van der Waals surface area contributed by atoms with Crippen LogP contribution in [0.25, 0.3) is 5.65 Å². The van der Waals surface area contributed by atoms with Crippen molar-refractivity contribution in [3.63, 3.8) is 0 Å². The largest absolute Gasteiger partial charge is 0.370 e. The van der Waals surface area contributed by atoms with Gasteiger partial charge in [-0.25, -0.2) is 9.50 Å². The smallest absolute Gasteiger partial charge is 0.291 e. The lowest BCUT2D eigenvalue weighted by Crippen LogP contribution is -2.65. The van der Waals surface area contributed by atoms with Crippen molar-refractivity contribution >= 4 is 17.2 Å². The molecule has 7 nitrogen and oxygen atoms in total. The Balaban J connectivity index is 1.34. The van der Waals surface area contributed by atoms with Gasteiger partial charge in [-0.05, 0) is 49.1 Å². The van der Waals surface area contributed by atoms with Crippen molar-refractivity contribution in [1.29, 1.82) is 0 Å². The second-order valence-electron chi connectivity index (χ2n) is 8.61. The van der Waals surface area contributed by atoms with Crippen LogP contribution in [0.15, 0.2) is 12.3 Å². The number of fused-ring (bicyclic) bond motifs is 1. The van der Waals surface area contributed by atoms with E-state index in [1.54, 1.807) is 4.52 Å². The Morgan fingerprint density at radius 3 is 2.85 bits per heavy atom. The topological polar surface area (TPSA) is 74.6 Å². The molecule has 1 unspecified atom stereocenters. The van der Waals surface area contributed by atoms with Crippen LogP contribution in [0.1, 0.15) is 42.4 Å². The highest BCUT2D eigenvalue weighted by molar-refractivity contribution is 5.91. The summed E-state index contributed by atoms with van der Waals surface area (Å²) in [6.45, 7) is 8.64. The molecule has 1 saturated carbocycles. The first-order chi connectivity index (χ1) is 12.5. The van der Waals surface area contributed by atoms with Crippen LogP contribution in [-0.4, -0.2) is 52.7 Å². The normalized spacial score (nSPS) is 24.7. The summed E-state index contributed by atoms with van der Waals surface area (Å²) in [6, 6.07) is 2.42. The number of carbonyl (C=O) groups is 1. The average molecular weight is 354 g/mol. The van der Waals surface area contributed by atoms with Gasteiger partial charge in [0.2, 0.25) is 5.82 Å². The molecule has 0 aromatic carbocycles. The molecule has 0 radical (unpaired) electrons. The highest BCUT2D eigenvalue weighted by atomic mass is 16.2. The minimum atomic E-state index is -0.156. The molecule has 0 bridgehead atoms. The first kappa shape index (κ1) is 16.1. The molecule has 2 aromatic heterocycles. The molecule has 4 heterocycles. The van der Waals surface area contributed by atoms with Crippen LogP contribution in [0.3, 0.4) is 0 Å². The van der Waals surface area contributed by atoms with E-state index in [-0.39, 0.29) is 17.8 Å². The number of hydrogen-bond donors (Lipinski definition) is 2. The standard InChI is InChI=1S/C19H26N6O/c1-12-3-4-24(8-12)15-5-13(2)17-22-16(23-25(17)9-15)18(26)21-14-6-19(7-14)10-20-11-19/h5,9,12,14,20H,3-4,6-8,10-11H2,1-2H3,(H,21,26). The van der Waals surface area contributed by atoms with Gasteiger partial charge in [0, 0.05) is 32.2 Å². The minimum Gasteiger partial charge on any atom is -0.370 e. The van der Waals surface area contributed by atoms with E-state index in [1.807, 2.05) is 13.1 Å². The fourth-order valence-corrected chi connectivity index (χ4v) is 4.67. The van der Waals surface area contributed by atoms with E-state index in [9.17, 15) is 4.79 Å². The Hall–Kier alpha value is -2.15. The number of anilines is 1. The Kier molecular flexibility index (Phi) is 3.50.